The van der Waals surface area contributed by atoms with Gasteiger partial charge in [-0.3, -0.25) is 9.69 Å². The molecule has 0 spiro atoms. The second-order valence-corrected chi connectivity index (χ2v) is 7.44. The molecule has 1 amide bonds. The molecule has 134 valence electrons. The molecule has 2 heterocycles. The topological polar surface area (TPSA) is 49.6 Å². The van der Waals surface area contributed by atoms with Crippen LogP contribution >= 0.6 is 0 Å². The molecule has 0 bridgehead atoms. The summed E-state index contributed by atoms with van der Waals surface area (Å²) >= 11 is 0. The van der Waals surface area contributed by atoms with E-state index in [9.17, 15) is 4.79 Å². The Morgan fingerprint density at radius 2 is 1.88 bits per heavy atom. The van der Waals surface area contributed by atoms with Crippen LogP contribution in [0.15, 0.2) is 10.6 Å². The Labute approximate surface area is 145 Å². The number of hydrogen-bond donors (Lipinski definition) is 0. The molecule has 1 aliphatic heterocycles. The quantitative estimate of drug-likeness (QED) is 0.829. The molecule has 2 aliphatic rings. The predicted molar refractivity (Wildman–Crippen MR) is 93.6 cm³/mol. The molecule has 1 aliphatic carbocycles. The summed E-state index contributed by atoms with van der Waals surface area (Å²) in [6.45, 7) is 4.72. The van der Waals surface area contributed by atoms with E-state index in [1.807, 2.05) is 18.0 Å². The van der Waals surface area contributed by atoms with Gasteiger partial charge in [0.05, 0.1) is 12.2 Å². The van der Waals surface area contributed by atoms with Gasteiger partial charge in [-0.05, 0) is 45.2 Å². The van der Waals surface area contributed by atoms with Crippen molar-refractivity contribution >= 4 is 5.91 Å². The van der Waals surface area contributed by atoms with E-state index in [2.05, 4.69) is 17.0 Å². The Bertz CT molecular complexity index is 543. The fourth-order valence-electron chi connectivity index (χ4n) is 4.38. The first kappa shape index (κ1) is 17.5. The fourth-order valence-corrected chi connectivity index (χ4v) is 4.38. The molecular weight excluding hydrogens is 302 g/mol. The van der Waals surface area contributed by atoms with Gasteiger partial charge < -0.3 is 9.42 Å². The summed E-state index contributed by atoms with van der Waals surface area (Å²) in [5.74, 6) is 1.06. The molecule has 3 rings (SSSR count). The van der Waals surface area contributed by atoms with Crippen LogP contribution < -0.4 is 0 Å². The highest BCUT2D eigenvalue weighted by molar-refractivity contribution is 5.86. The largest absolute Gasteiger partial charge is 0.359 e. The number of likely N-dealkylation sites (N-methyl/N-ethyl adjacent to an activating group) is 1. The van der Waals surface area contributed by atoms with E-state index in [0.717, 1.165) is 43.8 Å². The number of carbonyl (C=O) groups is 1. The molecule has 0 aromatic carbocycles. The molecule has 1 aromatic rings. The molecule has 2 fully saturated rings. The minimum absolute atomic E-state index is 0.276. The molecule has 1 saturated heterocycles. The van der Waals surface area contributed by atoms with Gasteiger partial charge in [0.25, 0.3) is 0 Å². The number of aromatic nitrogens is 1. The highest BCUT2D eigenvalue weighted by atomic mass is 16.5. The maximum absolute atomic E-state index is 13.4. The normalized spacial score (nSPS) is 21.6. The zero-order valence-electron chi connectivity index (χ0n) is 15.2. The first-order chi connectivity index (χ1) is 11.7. The maximum atomic E-state index is 13.4. The van der Waals surface area contributed by atoms with Crippen molar-refractivity contribution in [1.29, 1.82) is 0 Å². The summed E-state index contributed by atoms with van der Waals surface area (Å²) in [7, 11) is 1.91. The van der Waals surface area contributed by atoms with Crippen molar-refractivity contribution in [2.45, 2.75) is 76.8 Å². The zero-order valence-corrected chi connectivity index (χ0v) is 15.2. The van der Waals surface area contributed by atoms with Crippen LogP contribution in [0.4, 0.5) is 0 Å². The average Bonchev–Trinajstić information content (AvgIpc) is 3.10. The van der Waals surface area contributed by atoms with Gasteiger partial charge in [0.15, 0.2) is 5.76 Å². The van der Waals surface area contributed by atoms with E-state index in [4.69, 9.17) is 4.52 Å². The van der Waals surface area contributed by atoms with Crippen LogP contribution in [0.1, 0.15) is 69.7 Å². The summed E-state index contributed by atoms with van der Waals surface area (Å²) in [6.07, 6.45) is 10.2. The van der Waals surface area contributed by atoms with Crippen molar-refractivity contribution in [2.75, 3.05) is 20.1 Å². The zero-order chi connectivity index (χ0) is 17.0. The van der Waals surface area contributed by atoms with E-state index >= 15 is 0 Å². The van der Waals surface area contributed by atoms with Crippen LogP contribution in [0.3, 0.4) is 0 Å². The summed E-state index contributed by atoms with van der Waals surface area (Å²) < 4.78 is 5.38. The van der Waals surface area contributed by atoms with Crippen LogP contribution in [-0.2, 0) is 17.8 Å². The Hall–Kier alpha value is -1.36. The number of amides is 1. The molecule has 5 nitrogen and oxygen atoms in total. The Balaban J connectivity index is 1.74. The summed E-state index contributed by atoms with van der Waals surface area (Å²) in [5, 5.41) is 4.04. The molecular formula is C19H31N3O2. The minimum atomic E-state index is -0.277. The van der Waals surface area contributed by atoms with E-state index in [1.165, 1.54) is 38.5 Å². The lowest BCUT2D eigenvalue weighted by molar-refractivity contribution is -0.148. The SMILES string of the molecule is CCc1cc(CN(C)C(=O)C2(N3CCCCC3)CCCCC2)on1. The third-order valence-electron chi connectivity index (χ3n) is 5.75. The van der Waals surface area contributed by atoms with Gasteiger partial charge in [-0.15, -0.1) is 0 Å². The van der Waals surface area contributed by atoms with Crippen LogP contribution in [0.2, 0.25) is 0 Å². The standard InChI is InChI=1S/C19H31N3O2/c1-3-16-14-17(24-20-16)15-21(2)18(23)19(10-6-4-7-11-19)22-12-8-5-9-13-22/h14H,3-13,15H2,1-2H3. The Morgan fingerprint density at radius 3 is 2.50 bits per heavy atom. The third kappa shape index (κ3) is 3.51. The van der Waals surface area contributed by atoms with Gasteiger partial charge in [0, 0.05) is 13.1 Å². The van der Waals surface area contributed by atoms with Crippen molar-refractivity contribution < 1.29 is 9.32 Å². The van der Waals surface area contributed by atoms with Crippen molar-refractivity contribution in [2.24, 2.45) is 0 Å². The Kier molecular flexibility index (Phi) is 5.59. The lowest BCUT2D eigenvalue weighted by atomic mass is 9.78. The number of carbonyl (C=O) groups excluding carboxylic acids is 1. The van der Waals surface area contributed by atoms with E-state index in [1.54, 1.807) is 0 Å². The smallest absolute Gasteiger partial charge is 0.243 e. The minimum Gasteiger partial charge on any atom is -0.359 e. The van der Waals surface area contributed by atoms with Gasteiger partial charge in [-0.2, -0.15) is 0 Å². The number of piperidine rings is 1. The summed E-state index contributed by atoms with van der Waals surface area (Å²) in [4.78, 5) is 17.8. The molecule has 0 atom stereocenters. The number of aryl methyl sites for hydroxylation is 1. The number of likely N-dealkylation sites (tertiary alicyclic amines) is 1. The van der Waals surface area contributed by atoms with Gasteiger partial charge in [-0.25, -0.2) is 0 Å². The van der Waals surface area contributed by atoms with Gasteiger partial charge in [0.2, 0.25) is 5.91 Å². The van der Waals surface area contributed by atoms with Crippen LogP contribution in [-0.4, -0.2) is 46.5 Å². The monoisotopic (exact) mass is 333 g/mol. The van der Waals surface area contributed by atoms with Crippen LogP contribution in [0.25, 0.3) is 0 Å². The van der Waals surface area contributed by atoms with Crippen molar-refractivity contribution in [3.63, 3.8) is 0 Å². The molecule has 0 unspecified atom stereocenters. The summed E-state index contributed by atoms with van der Waals surface area (Å²) in [6, 6.07) is 1.97. The van der Waals surface area contributed by atoms with Crippen molar-refractivity contribution in [3.05, 3.63) is 17.5 Å². The van der Waals surface area contributed by atoms with Crippen molar-refractivity contribution in [1.82, 2.24) is 15.0 Å². The third-order valence-corrected chi connectivity index (χ3v) is 5.75. The molecule has 0 radical (unpaired) electrons. The average molecular weight is 333 g/mol. The highest BCUT2D eigenvalue weighted by Gasteiger charge is 2.46. The van der Waals surface area contributed by atoms with Crippen LogP contribution in [0, 0.1) is 0 Å². The van der Waals surface area contributed by atoms with Gasteiger partial charge in [0.1, 0.15) is 5.54 Å². The first-order valence-electron chi connectivity index (χ1n) is 9.61. The summed E-state index contributed by atoms with van der Waals surface area (Å²) in [5.41, 5.74) is 0.676. The molecule has 24 heavy (non-hydrogen) atoms. The number of rotatable bonds is 5. The molecule has 1 saturated carbocycles. The molecule has 1 aromatic heterocycles. The predicted octanol–water partition coefficient (Wildman–Crippen LogP) is 3.38. The second kappa shape index (κ2) is 7.68. The molecule has 0 N–H and O–H groups in total. The number of hydrogen-bond acceptors (Lipinski definition) is 4. The highest BCUT2D eigenvalue weighted by Crippen LogP contribution is 2.37. The van der Waals surface area contributed by atoms with E-state index in [-0.39, 0.29) is 11.4 Å². The van der Waals surface area contributed by atoms with E-state index < -0.39 is 0 Å². The van der Waals surface area contributed by atoms with Gasteiger partial charge >= 0.3 is 0 Å². The second-order valence-electron chi connectivity index (χ2n) is 7.44. The number of nitrogens with zero attached hydrogens (tertiary/aromatic N) is 3. The lowest BCUT2D eigenvalue weighted by Crippen LogP contribution is -2.61. The maximum Gasteiger partial charge on any atom is 0.243 e. The Morgan fingerprint density at radius 1 is 1.21 bits per heavy atom. The fraction of sp³-hybridized carbons (Fsp3) is 0.789. The van der Waals surface area contributed by atoms with Gasteiger partial charge in [-0.1, -0.05) is 37.8 Å². The lowest BCUT2D eigenvalue weighted by Gasteiger charge is -2.48. The molecule has 5 heteroatoms. The van der Waals surface area contributed by atoms with Crippen molar-refractivity contribution in [3.8, 4) is 0 Å². The van der Waals surface area contributed by atoms with E-state index in [0.29, 0.717) is 6.54 Å². The first-order valence-corrected chi connectivity index (χ1v) is 9.61. The van der Waals surface area contributed by atoms with Crippen LogP contribution in [0.5, 0.6) is 0 Å².